The summed E-state index contributed by atoms with van der Waals surface area (Å²) in [6.07, 6.45) is -0.605. The Balaban J connectivity index is 1.74. The summed E-state index contributed by atoms with van der Waals surface area (Å²) in [4.78, 5) is 12.1. The molecule has 3 rings (SSSR count). The minimum absolute atomic E-state index is 0.0921. The molecule has 0 radical (unpaired) electrons. The number of aryl methyl sites for hydroxylation is 1. The molecular weight excluding hydrogens is 243 g/mol. The molecule has 0 amide bonds. The highest BCUT2D eigenvalue weighted by atomic mass is 19.1. The van der Waals surface area contributed by atoms with Gasteiger partial charge < -0.3 is 4.74 Å². The number of ketones is 1. The second kappa shape index (κ2) is 4.59. The summed E-state index contributed by atoms with van der Waals surface area (Å²) in [5.41, 5.74) is 2.66. The number of halogens is 1. The van der Waals surface area contributed by atoms with Crippen LogP contribution in [0.25, 0.3) is 0 Å². The first-order valence-electron chi connectivity index (χ1n) is 6.17. The molecule has 2 nitrogen and oxygen atoms in total. The first-order valence-corrected chi connectivity index (χ1v) is 6.17. The number of ether oxygens (including phenoxy) is 1. The van der Waals surface area contributed by atoms with E-state index in [9.17, 15) is 9.18 Å². The van der Waals surface area contributed by atoms with Gasteiger partial charge in [-0.3, -0.25) is 4.79 Å². The first kappa shape index (κ1) is 12.1. The summed E-state index contributed by atoms with van der Waals surface area (Å²) < 4.78 is 18.2. The van der Waals surface area contributed by atoms with Gasteiger partial charge in [-0.15, -0.1) is 0 Å². The molecule has 19 heavy (non-hydrogen) atoms. The van der Waals surface area contributed by atoms with E-state index >= 15 is 0 Å². The number of Topliss-reactive ketones (excluding diaryl/α,β-unsaturated/α-hetero) is 1. The van der Waals surface area contributed by atoms with E-state index in [0.717, 1.165) is 5.56 Å². The maximum atomic E-state index is 12.8. The van der Waals surface area contributed by atoms with E-state index in [1.807, 2.05) is 31.2 Å². The lowest BCUT2D eigenvalue weighted by Gasteiger charge is -1.98. The Kier molecular flexibility index (Phi) is 2.91. The molecule has 3 heteroatoms. The van der Waals surface area contributed by atoms with Crippen LogP contribution in [0.4, 0.5) is 4.39 Å². The molecule has 1 aliphatic heterocycles. The molecule has 2 atom stereocenters. The van der Waals surface area contributed by atoms with Crippen molar-refractivity contribution >= 4 is 5.78 Å². The molecule has 1 fully saturated rings. The molecule has 0 spiro atoms. The fourth-order valence-electron chi connectivity index (χ4n) is 2.10. The third-order valence-electron chi connectivity index (χ3n) is 3.28. The Morgan fingerprint density at radius 2 is 1.68 bits per heavy atom. The number of rotatable bonds is 3. The van der Waals surface area contributed by atoms with Crippen molar-refractivity contribution in [1.82, 2.24) is 0 Å². The van der Waals surface area contributed by atoms with Crippen LogP contribution in [-0.4, -0.2) is 11.9 Å². The molecule has 2 unspecified atom stereocenters. The molecule has 1 saturated heterocycles. The Bertz CT molecular complexity index is 602. The van der Waals surface area contributed by atoms with Crippen LogP contribution < -0.4 is 0 Å². The molecule has 96 valence electrons. The maximum Gasteiger partial charge on any atom is 0.194 e. The van der Waals surface area contributed by atoms with Crippen molar-refractivity contribution in [2.75, 3.05) is 0 Å². The monoisotopic (exact) mass is 256 g/mol. The summed E-state index contributed by atoms with van der Waals surface area (Å²) >= 11 is 0. The van der Waals surface area contributed by atoms with Crippen molar-refractivity contribution < 1.29 is 13.9 Å². The summed E-state index contributed by atoms with van der Waals surface area (Å²) in [6.45, 7) is 2.01. The lowest BCUT2D eigenvalue weighted by Crippen LogP contribution is -2.08. The summed E-state index contributed by atoms with van der Waals surface area (Å²) in [7, 11) is 0. The number of carbonyl (C=O) groups is 1. The quantitative estimate of drug-likeness (QED) is 0.621. The van der Waals surface area contributed by atoms with Gasteiger partial charge in [0.15, 0.2) is 11.9 Å². The number of epoxide rings is 1. The zero-order valence-corrected chi connectivity index (χ0v) is 10.5. The van der Waals surface area contributed by atoms with E-state index in [1.165, 1.54) is 29.8 Å². The molecule has 1 heterocycles. The van der Waals surface area contributed by atoms with Crippen molar-refractivity contribution in [2.45, 2.75) is 19.1 Å². The van der Waals surface area contributed by atoms with Gasteiger partial charge in [0.25, 0.3) is 0 Å². The van der Waals surface area contributed by atoms with Gasteiger partial charge in [-0.2, -0.15) is 0 Å². The zero-order valence-electron chi connectivity index (χ0n) is 10.5. The lowest BCUT2D eigenvalue weighted by molar-refractivity contribution is 0.0953. The highest BCUT2D eigenvalue weighted by Crippen LogP contribution is 2.40. The molecular formula is C16H13FO2. The molecule has 2 aromatic carbocycles. The molecule has 0 aromatic heterocycles. The van der Waals surface area contributed by atoms with E-state index < -0.39 is 6.10 Å². The standard InChI is InChI=1S/C16H13FO2/c1-10-2-4-12(5-3-10)15-16(19-15)14(18)11-6-8-13(17)9-7-11/h2-9,15-16H,1H3. The van der Waals surface area contributed by atoms with Crippen LogP contribution in [0.2, 0.25) is 0 Å². The smallest absolute Gasteiger partial charge is 0.194 e. The van der Waals surface area contributed by atoms with Gasteiger partial charge in [-0.25, -0.2) is 4.39 Å². The van der Waals surface area contributed by atoms with Crippen LogP contribution in [0, 0.1) is 12.7 Å². The average molecular weight is 256 g/mol. The first-order chi connectivity index (χ1) is 9.15. The molecule has 0 bridgehead atoms. The number of benzene rings is 2. The van der Waals surface area contributed by atoms with Crippen LogP contribution in [0.3, 0.4) is 0 Å². The normalized spacial score (nSPS) is 21.2. The van der Waals surface area contributed by atoms with Crippen molar-refractivity contribution in [3.05, 3.63) is 71.0 Å². The Morgan fingerprint density at radius 1 is 1.05 bits per heavy atom. The summed E-state index contributed by atoms with van der Waals surface area (Å²) in [5.74, 6) is -0.436. The minimum atomic E-state index is -0.437. The number of carbonyl (C=O) groups excluding carboxylic acids is 1. The van der Waals surface area contributed by atoms with E-state index in [1.54, 1.807) is 0 Å². The predicted octanol–water partition coefficient (Wildman–Crippen LogP) is 3.46. The fraction of sp³-hybridized carbons (Fsp3) is 0.188. The third kappa shape index (κ3) is 2.42. The van der Waals surface area contributed by atoms with E-state index in [2.05, 4.69) is 0 Å². The van der Waals surface area contributed by atoms with Crippen LogP contribution >= 0.6 is 0 Å². The highest BCUT2D eigenvalue weighted by Gasteiger charge is 2.46. The van der Waals surface area contributed by atoms with Crippen LogP contribution in [0.1, 0.15) is 27.6 Å². The second-order valence-corrected chi connectivity index (χ2v) is 4.76. The molecule has 0 saturated carbocycles. The van der Waals surface area contributed by atoms with Gasteiger partial charge >= 0.3 is 0 Å². The van der Waals surface area contributed by atoms with Crippen LogP contribution in [-0.2, 0) is 4.74 Å². The summed E-state index contributed by atoms with van der Waals surface area (Å²) in [5, 5.41) is 0. The van der Waals surface area contributed by atoms with E-state index in [0.29, 0.717) is 5.56 Å². The van der Waals surface area contributed by atoms with Gasteiger partial charge in [0.1, 0.15) is 11.9 Å². The lowest BCUT2D eigenvalue weighted by atomic mass is 10.0. The second-order valence-electron chi connectivity index (χ2n) is 4.76. The molecule has 0 aliphatic carbocycles. The van der Waals surface area contributed by atoms with Crippen molar-refractivity contribution in [2.24, 2.45) is 0 Å². The van der Waals surface area contributed by atoms with Crippen LogP contribution in [0.15, 0.2) is 48.5 Å². The van der Waals surface area contributed by atoms with E-state index in [4.69, 9.17) is 4.74 Å². The van der Waals surface area contributed by atoms with Crippen LogP contribution in [0.5, 0.6) is 0 Å². The van der Waals surface area contributed by atoms with Crippen molar-refractivity contribution in [1.29, 1.82) is 0 Å². The van der Waals surface area contributed by atoms with Crippen molar-refractivity contribution in [3.8, 4) is 0 Å². The van der Waals surface area contributed by atoms with Gasteiger partial charge in [-0.1, -0.05) is 29.8 Å². The Hall–Kier alpha value is -2.00. The zero-order chi connectivity index (χ0) is 13.4. The highest BCUT2D eigenvalue weighted by molar-refractivity contribution is 6.01. The minimum Gasteiger partial charge on any atom is -0.356 e. The topological polar surface area (TPSA) is 29.6 Å². The largest absolute Gasteiger partial charge is 0.356 e. The molecule has 0 N–H and O–H groups in total. The number of hydrogen-bond donors (Lipinski definition) is 0. The van der Waals surface area contributed by atoms with E-state index in [-0.39, 0.29) is 17.7 Å². The predicted molar refractivity (Wildman–Crippen MR) is 69.5 cm³/mol. The Morgan fingerprint density at radius 3 is 2.32 bits per heavy atom. The fourth-order valence-corrected chi connectivity index (χ4v) is 2.10. The van der Waals surface area contributed by atoms with Gasteiger partial charge in [0.2, 0.25) is 0 Å². The van der Waals surface area contributed by atoms with Gasteiger partial charge in [-0.05, 0) is 36.8 Å². The summed E-state index contributed by atoms with van der Waals surface area (Å²) in [6, 6.07) is 13.5. The molecule has 2 aromatic rings. The third-order valence-corrected chi connectivity index (χ3v) is 3.28. The Labute approximate surface area is 110 Å². The molecule has 1 aliphatic rings. The maximum absolute atomic E-state index is 12.8. The van der Waals surface area contributed by atoms with Gasteiger partial charge in [0.05, 0.1) is 0 Å². The number of hydrogen-bond acceptors (Lipinski definition) is 2. The SMILES string of the molecule is Cc1ccc(C2OC2C(=O)c2ccc(F)cc2)cc1. The van der Waals surface area contributed by atoms with Gasteiger partial charge in [0, 0.05) is 5.56 Å². The van der Waals surface area contributed by atoms with Crippen molar-refractivity contribution in [3.63, 3.8) is 0 Å². The average Bonchev–Trinajstić information content (AvgIpc) is 3.20.